The quantitative estimate of drug-likeness (QED) is 0.788. The van der Waals surface area contributed by atoms with Crippen molar-refractivity contribution in [2.24, 2.45) is 0 Å². The predicted molar refractivity (Wildman–Crippen MR) is 91.4 cm³/mol. The zero-order valence-corrected chi connectivity index (χ0v) is 13.5. The van der Waals surface area contributed by atoms with Gasteiger partial charge in [0.2, 0.25) is 5.95 Å². The van der Waals surface area contributed by atoms with Gasteiger partial charge < -0.3 is 5.32 Å². The lowest BCUT2D eigenvalue weighted by Gasteiger charge is -2.32. The van der Waals surface area contributed by atoms with Crippen molar-refractivity contribution in [3.8, 4) is 0 Å². The van der Waals surface area contributed by atoms with Crippen molar-refractivity contribution in [3.05, 3.63) is 77.4 Å². The average molecular weight is 322 g/mol. The van der Waals surface area contributed by atoms with Crippen LogP contribution in [-0.4, -0.2) is 14.8 Å². The monoisotopic (exact) mass is 322 g/mol. The van der Waals surface area contributed by atoms with Gasteiger partial charge >= 0.3 is 0 Å². The van der Waals surface area contributed by atoms with Crippen LogP contribution in [0.4, 0.5) is 10.3 Å². The molecule has 1 N–H and O–H groups in total. The molecule has 24 heavy (non-hydrogen) atoms. The molecule has 1 aliphatic rings. The summed E-state index contributed by atoms with van der Waals surface area (Å²) < 4.78 is 16.1. The molecule has 0 spiro atoms. The Morgan fingerprint density at radius 2 is 1.96 bits per heavy atom. The lowest BCUT2D eigenvalue weighted by atomic mass is 9.92. The second-order valence-electron chi connectivity index (χ2n) is 6.09. The van der Waals surface area contributed by atoms with Crippen LogP contribution in [0.15, 0.2) is 54.9 Å². The molecule has 122 valence electrons. The van der Waals surface area contributed by atoms with Gasteiger partial charge in [0.25, 0.3) is 0 Å². The third-order valence-corrected chi connectivity index (χ3v) is 4.69. The van der Waals surface area contributed by atoms with E-state index in [4.69, 9.17) is 0 Å². The summed E-state index contributed by atoms with van der Waals surface area (Å²) in [5.74, 6) is 0.477. The van der Waals surface area contributed by atoms with Crippen molar-refractivity contribution in [1.29, 1.82) is 0 Å². The van der Waals surface area contributed by atoms with Gasteiger partial charge in [-0.3, -0.25) is 0 Å². The number of hydrogen-bond acceptors (Lipinski definition) is 3. The Bertz CT molecular complexity index is 841. The van der Waals surface area contributed by atoms with Crippen molar-refractivity contribution < 1.29 is 4.39 Å². The minimum absolute atomic E-state index is 0.0808. The summed E-state index contributed by atoms with van der Waals surface area (Å²) in [4.78, 5) is 4.29. The first-order chi connectivity index (χ1) is 11.8. The molecule has 0 amide bonds. The smallest absolute Gasteiger partial charge is 0.222 e. The molecule has 4 rings (SSSR count). The molecule has 0 saturated carbocycles. The van der Waals surface area contributed by atoms with Crippen LogP contribution in [0.3, 0.4) is 0 Å². The van der Waals surface area contributed by atoms with Gasteiger partial charge in [0.05, 0.1) is 12.1 Å². The van der Waals surface area contributed by atoms with Crippen LogP contribution in [0.5, 0.6) is 0 Å². The fraction of sp³-hybridized carbons (Fsp3) is 0.263. The van der Waals surface area contributed by atoms with Gasteiger partial charge in [-0.1, -0.05) is 49.4 Å². The maximum absolute atomic E-state index is 14.3. The molecular weight excluding hydrogens is 303 g/mol. The number of nitrogens with one attached hydrogen (secondary N) is 1. The fourth-order valence-electron chi connectivity index (χ4n) is 3.33. The Balaban J connectivity index is 1.72. The van der Waals surface area contributed by atoms with E-state index in [0.29, 0.717) is 11.5 Å². The van der Waals surface area contributed by atoms with Gasteiger partial charge in [0.1, 0.15) is 12.1 Å². The first-order valence-corrected chi connectivity index (χ1v) is 8.25. The van der Waals surface area contributed by atoms with Crippen LogP contribution in [0.1, 0.15) is 42.1 Å². The number of benzene rings is 2. The summed E-state index contributed by atoms with van der Waals surface area (Å²) in [5, 5.41) is 7.70. The molecule has 0 aliphatic carbocycles. The van der Waals surface area contributed by atoms with Crippen LogP contribution >= 0.6 is 0 Å². The topological polar surface area (TPSA) is 42.7 Å². The summed E-state index contributed by atoms with van der Waals surface area (Å²) >= 11 is 0. The van der Waals surface area contributed by atoms with Crippen LogP contribution < -0.4 is 5.32 Å². The maximum Gasteiger partial charge on any atom is 0.222 e. The molecule has 2 atom stereocenters. The summed E-state index contributed by atoms with van der Waals surface area (Å²) in [6.07, 6.45) is 3.26. The second kappa shape index (κ2) is 6.07. The fourth-order valence-corrected chi connectivity index (χ4v) is 3.33. The van der Waals surface area contributed by atoms with Gasteiger partial charge in [-0.25, -0.2) is 9.07 Å². The SMILES string of the molecule is CCc1ccc([C@H]2C[C@@H](c3ccccc3F)n3ncnc3N2)cc1. The van der Waals surface area contributed by atoms with Crippen molar-refractivity contribution in [2.45, 2.75) is 31.8 Å². The number of anilines is 1. The molecule has 2 heterocycles. The summed E-state index contributed by atoms with van der Waals surface area (Å²) in [6.45, 7) is 2.14. The molecule has 4 nitrogen and oxygen atoms in total. The zero-order valence-electron chi connectivity index (χ0n) is 13.5. The first-order valence-electron chi connectivity index (χ1n) is 8.25. The Morgan fingerprint density at radius 1 is 1.17 bits per heavy atom. The average Bonchev–Trinajstić information content (AvgIpc) is 3.10. The zero-order chi connectivity index (χ0) is 16.5. The minimum atomic E-state index is -0.203. The first kappa shape index (κ1) is 14.9. The number of hydrogen-bond donors (Lipinski definition) is 1. The third kappa shape index (κ3) is 2.56. The highest BCUT2D eigenvalue weighted by Gasteiger charge is 2.31. The molecule has 0 saturated heterocycles. The largest absolute Gasteiger partial charge is 0.348 e. The van der Waals surface area contributed by atoms with Gasteiger partial charge in [0.15, 0.2) is 0 Å². The van der Waals surface area contributed by atoms with E-state index in [0.717, 1.165) is 12.8 Å². The van der Waals surface area contributed by atoms with Gasteiger partial charge in [-0.05, 0) is 30.0 Å². The van der Waals surface area contributed by atoms with Crippen molar-refractivity contribution >= 4 is 5.95 Å². The molecule has 0 bridgehead atoms. The van der Waals surface area contributed by atoms with Crippen LogP contribution in [-0.2, 0) is 6.42 Å². The number of aryl methyl sites for hydroxylation is 1. The summed E-state index contributed by atoms with van der Waals surface area (Å²) in [7, 11) is 0. The Hall–Kier alpha value is -2.69. The molecule has 0 fully saturated rings. The van der Waals surface area contributed by atoms with Crippen molar-refractivity contribution in [3.63, 3.8) is 0 Å². The standard InChI is InChI=1S/C19H19FN4/c1-2-13-7-9-14(10-8-13)17-11-18(15-5-3-4-6-16(15)20)24-19(23-17)21-12-22-24/h3-10,12,17-18H,2,11H2,1H3,(H,21,22,23)/t17-,18+/m1/s1. The van der Waals surface area contributed by atoms with E-state index in [-0.39, 0.29) is 17.9 Å². The van der Waals surface area contributed by atoms with Gasteiger partial charge in [-0.2, -0.15) is 10.1 Å². The Labute approximate surface area is 140 Å². The molecular formula is C19H19FN4. The lowest BCUT2D eigenvalue weighted by Crippen LogP contribution is -2.28. The highest BCUT2D eigenvalue weighted by atomic mass is 19.1. The molecule has 1 aromatic heterocycles. The van der Waals surface area contributed by atoms with E-state index >= 15 is 0 Å². The number of fused-ring (bicyclic) bond motifs is 1. The van der Waals surface area contributed by atoms with E-state index < -0.39 is 0 Å². The lowest BCUT2D eigenvalue weighted by molar-refractivity contribution is 0.416. The summed E-state index contributed by atoms with van der Waals surface area (Å²) in [5.41, 5.74) is 3.15. The Morgan fingerprint density at radius 3 is 2.71 bits per heavy atom. The molecule has 5 heteroatoms. The van der Waals surface area contributed by atoms with E-state index in [1.807, 2.05) is 12.1 Å². The highest BCUT2D eigenvalue weighted by Crippen LogP contribution is 2.38. The molecule has 1 aliphatic heterocycles. The molecule has 0 unspecified atom stereocenters. The van der Waals surface area contributed by atoms with E-state index in [1.54, 1.807) is 10.7 Å². The van der Waals surface area contributed by atoms with Crippen molar-refractivity contribution in [2.75, 3.05) is 5.32 Å². The van der Waals surface area contributed by atoms with E-state index in [9.17, 15) is 4.39 Å². The van der Waals surface area contributed by atoms with Crippen molar-refractivity contribution in [1.82, 2.24) is 14.8 Å². The number of rotatable bonds is 3. The molecule has 3 aromatic rings. The summed E-state index contributed by atoms with van der Waals surface area (Å²) in [6, 6.07) is 15.4. The molecule has 2 aromatic carbocycles. The van der Waals surface area contributed by atoms with E-state index in [1.165, 1.54) is 23.5 Å². The molecule has 0 radical (unpaired) electrons. The third-order valence-electron chi connectivity index (χ3n) is 4.69. The van der Waals surface area contributed by atoms with Crippen LogP contribution in [0.2, 0.25) is 0 Å². The van der Waals surface area contributed by atoms with E-state index in [2.05, 4.69) is 46.6 Å². The maximum atomic E-state index is 14.3. The second-order valence-corrected chi connectivity index (χ2v) is 6.09. The number of aromatic nitrogens is 3. The number of nitrogens with zero attached hydrogens (tertiary/aromatic N) is 3. The van der Waals surface area contributed by atoms with Crippen LogP contribution in [0, 0.1) is 5.82 Å². The van der Waals surface area contributed by atoms with Gasteiger partial charge in [-0.15, -0.1) is 0 Å². The minimum Gasteiger partial charge on any atom is -0.348 e. The number of halogens is 1. The normalized spacial score (nSPS) is 19.6. The highest BCUT2D eigenvalue weighted by molar-refractivity contribution is 5.39. The van der Waals surface area contributed by atoms with Crippen LogP contribution in [0.25, 0.3) is 0 Å². The van der Waals surface area contributed by atoms with Gasteiger partial charge in [0, 0.05) is 5.56 Å². The predicted octanol–water partition coefficient (Wildman–Crippen LogP) is 4.13. The Kier molecular flexibility index (Phi) is 3.76.